The van der Waals surface area contributed by atoms with Gasteiger partial charge in [0.25, 0.3) is 0 Å². The fourth-order valence-electron chi connectivity index (χ4n) is 2.88. The molecule has 2 aliphatic carbocycles. The highest BCUT2D eigenvalue weighted by Crippen LogP contribution is 2.45. The van der Waals surface area contributed by atoms with Gasteiger partial charge < -0.3 is 9.84 Å². The lowest BCUT2D eigenvalue weighted by atomic mass is 9.71. The molecular weight excluding hydrogens is 200 g/mol. The first-order valence-corrected chi connectivity index (χ1v) is 5.89. The monoisotopic (exact) mass is 216 g/mol. The number of hydrogen-bond acceptors (Lipinski definition) is 2. The highest BCUT2D eigenvalue weighted by molar-refractivity contribution is 5.47. The Balaban J connectivity index is 2.00. The molecule has 0 aromatic rings. The van der Waals surface area contributed by atoms with E-state index in [1.807, 2.05) is 12.2 Å². The number of allylic oxidation sites excluding steroid dienone is 4. The summed E-state index contributed by atoms with van der Waals surface area (Å²) in [6, 6.07) is 0. The van der Waals surface area contributed by atoms with Gasteiger partial charge in [0.05, 0.1) is 12.7 Å². The van der Waals surface area contributed by atoms with Crippen LogP contribution in [0.15, 0.2) is 48.1 Å². The molecule has 1 N–H and O–H groups in total. The number of ether oxygens (including phenoxy) is 1. The van der Waals surface area contributed by atoms with Gasteiger partial charge in [-0.25, -0.2) is 0 Å². The molecule has 0 radical (unpaired) electrons. The third-order valence-electron chi connectivity index (χ3n) is 3.72. The average Bonchev–Trinajstić information content (AvgIpc) is 2.35. The Bertz CT molecular complexity index is 403. The lowest BCUT2D eigenvalue weighted by Gasteiger charge is -2.47. The van der Waals surface area contributed by atoms with Crippen LogP contribution in [0.25, 0.3) is 0 Å². The molecule has 0 aromatic heterocycles. The topological polar surface area (TPSA) is 29.5 Å². The van der Waals surface area contributed by atoms with Crippen LogP contribution in [0, 0.1) is 5.92 Å². The average molecular weight is 216 g/mol. The standard InChI is InChI=1S/C14H16O2/c15-10-13-8-7-12-6-3-5-11-4-1-2-9-14(11,12)16-13/h1-6,9,12-13,15H,7-8,10H2/t12?,13-,14?/m1/s1. The van der Waals surface area contributed by atoms with Crippen LogP contribution in [0.2, 0.25) is 0 Å². The zero-order valence-corrected chi connectivity index (χ0v) is 9.17. The van der Waals surface area contributed by atoms with Gasteiger partial charge in [0.1, 0.15) is 5.60 Å². The second kappa shape index (κ2) is 3.72. The van der Waals surface area contributed by atoms with Crippen LogP contribution in [0.5, 0.6) is 0 Å². The third kappa shape index (κ3) is 1.34. The summed E-state index contributed by atoms with van der Waals surface area (Å²) in [7, 11) is 0. The Kier molecular flexibility index (Phi) is 2.34. The largest absolute Gasteiger partial charge is 0.394 e. The summed E-state index contributed by atoms with van der Waals surface area (Å²) < 4.78 is 6.12. The maximum absolute atomic E-state index is 9.26. The van der Waals surface area contributed by atoms with E-state index in [0.717, 1.165) is 12.8 Å². The van der Waals surface area contributed by atoms with Gasteiger partial charge in [-0.15, -0.1) is 0 Å². The molecule has 1 aliphatic heterocycles. The van der Waals surface area contributed by atoms with E-state index >= 15 is 0 Å². The molecule has 1 fully saturated rings. The first kappa shape index (κ1) is 10.1. The smallest absolute Gasteiger partial charge is 0.118 e. The molecule has 0 aromatic carbocycles. The lowest BCUT2D eigenvalue weighted by molar-refractivity contribution is -0.116. The molecule has 0 amide bonds. The Labute approximate surface area is 95.6 Å². The SMILES string of the molecule is OC[C@H]1CCC2C=CC=C3C=CC=CC32O1. The molecule has 3 atom stereocenters. The van der Waals surface area contributed by atoms with Crippen molar-refractivity contribution in [3.05, 3.63) is 48.1 Å². The van der Waals surface area contributed by atoms with Gasteiger partial charge in [0.2, 0.25) is 0 Å². The van der Waals surface area contributed by atoms with E-state index in [9.17, 15) is 5.11 Å². The molecule has 1 spiro atoms. The van der Waals surface area contributed by atoms with Crippen molar-refractivity contribution < 1.29 is 9.84 Å². The summed E-state index contributed by atoms with van der Waals surface area (Å²) in [5, 5.41) is 9.26. The van der Waals surface area contributed by atoms with Crippen LogP contribution in [0.3, 0.4) is 0 Å². The molecule has 2 unspecified atom stereocenters. The third-order valence-corrected chi connectivity index (χ3v) is 3.72. The normalized spacial score (nSPS) is 40.2. The van der Waals surface area contributed by atoms with Crippen molar-refractivity contribution in [2.45, 2.75) is 24.5 Å². The van der Waals surface area contributed by atoms with E-state index in [2.05, 4.69) is 30.4 Å². The molecule has 3 aliphatic rings. The molecule has 2 heteroatoms. The molecule has 3 rings (SSSR count). The summed E-state index contributed by atoms with van der Waals surface area (Å²) in [4.78, 5) is 0. The van der Waals surface area contributed by atoms with Crippen LogP contribution in [-0.2, 0) is 4.74 Å². The fourth-order valence-corrected chi connectivity index (χ4v) is 2.88. The zero-order chi connectivity index (χ0) is 11.0. The number of hydrogen-bond donors (Lipinski definition) is 1. The number of aliphatic hydroxyl groups excluding tert-OH is 1. The van der Waals surface area contributed by atoms with Crippen molar-refractivity contribution in [2.75, 3.05) is 6.61 Å². The Hall–Kier alpha value is -1.12. The summed E-state index contributed by atoms with van der Waals surface area (Å²) in [5.41, 5.74) is 0.899. The van der Waals surface area contributed by atoms with E-state index in [1.165, 1.54) is 5.57 Å². The van der Waals surface area contributed by atoms with Crippen molar-refractivity contribution in [3.8, 4) is 0 Å². The number of aliphatic hydroxyl groups is 1. The van der Waals surface area contributed by atoms with E-state index in [0.29, 0.717) is 5.92 Å². The highest BCUT2D eigenvalue weighted by atomic mass is 16.5. The van der Waals surface area contributed by atoms with Crippen molar-refractivity contribution in [2.24, 2.45) is 5.92 Å². The van der Waals surface area contributed by atoms with Gasteiger partial charge >= 0.3 is 0 Å². The van der Waals surface area contributed by atoms with E-state index < -0.39 is 0 Å². The summed E-state index contributed by atoms with van der Waals surface area (Å²) in [5.74, 6) is 0.413. The van der Waals surface area contributed by atoms with Gasteiger partial charge in [-0.2, -0.15) is 0 Å². The maximum Gasteiger partial charge on any atom is 0.118 e. The minimum Gasteiger partial charge on any atom is -0.394 e. The van der Waals surface area contributed by atoms with Gasteiger partial charge in [0, 0.05) is 5.92 Å². The zero-order valence-electron chi connectivity index (χ0n) is 9.17. The van der Waals surface area contributed by atoms with E-state index in [4.69, 9.17) is 4.74 Å². The molecule has 16 heavy (non-hydrogen) atoms. The molecule has 2 nitrogen and oxygen atoms in total. The highest BCUT2D eigenvalue weighted by Gasteiger charge is 2.45. The Morgan fingerprint density at radius 2 is 2.25 bits per heavy atom. The lowest BCUT2D eigenvalue weighted by Crippen LogP contribution is -2.49. The quantitative estimate of drug-likeness (QED) is 0.727. The van der Waals surface area contributed by atoms with Gasteiger partial charge in [0.15, 0.2) is 0 Å². The first-order chi connectivity index (χ1) is 7.85. The van der Waals surface area contributed by atoms with Crippen molar-refractivity contribution >= 4 is 0 Å². The minimum atomic E-state index is -0.310. The molecule has 0 bridgehead atoms. The Morgan fingerprint density at radius 1 is 1.31 bits per heavy atom. The van der Waals surface area contributed by atoms with Crippen LogP contribution in [0.1, 0.15) is 12.8 Å². The second-order valence-corrected chi connectivity index (χ2v) is 4.62. The van der Waals surface area contributed by atoms with Crippen LogP contribution in [-0.4, -0.2) is 23.4 Å². The van der Waals surface area contributed by atoms with Crippen LogP contribution in [0.4, 0.5) is 0 Å². The first-order valence-electron chi connectivity index (χ1n) is 5.89. The molecule has 0 saturated carbocycles. The maximum atomic E-state index is 9.26. The Morgan fingerprint density at radius 3 is 3.12 bits per heavy atom. The summed E-state index contributed by atoms with van der Waals surface area (Å²) in [6.45, 7) is 0.114. The van der Waals surface area contributed by atoms with Crippen LogP contribution < -0.4 is 0 Å². The fraction of sp³-hybridized carbons (Fsp3) is 0.429. The van der Waals surface area contributed by atoms with E-state index in [1.54, 1.807) is 0 Å². The molecular formula is C14H16O2. The summed E-state index contributed by atoms with van der Waals surface area (Å²) >= 11 is 0. The second-order valence-electron chi connectivity index (χ2n) is 4.62. The molecule has 1 heterocycles. The predicted octanol–water partition coefficient (Wildman–Crippen LogP) is 2.13. The van der Waals surface area contributed by atoms with Gasteiger partial charge in [-0.05, 0) is 24.5 Å². The van der Waals surface area contributed by atoms with Gasteiger partial charge in [-0.1, -0.05) is 36.5 Å². The van der Waals surface area contributed by atoms with Crippen LogP contribution >= 0.6 is 0 Å². The van der Waals surface area contributed by atoms with Gasteiger partial charge in [-0.3, -0.25) is 0 Å². The summed E-state index contributed by atoms with van der Waals surface area (Å²) in [6.07, 6.45) is 16.8. The van der Waals surface area contributed by atoms with Crippen molar-refractivity contribution in [3.63, 3.8) is 0 Å². The minimum absolute atomic E-state index is 0.0256. The van der Waals surface area contributed by atoms with Crippen molar-refractivity contribution in [1.29, 1.82) is 0 Å². The number of rotatable bonds is 1. The van der Waals surface area contributed by atoms with Crippen molar-refractivity contribution in [1.82, 2.24) is 0 Å². The molecule has 84 valence electrons. The molecule has 1 saturated heterocycles. The van der Waals surface area contributed by atoms with E-state index in [-0.39, 0.29) is 18.3 Å². The predicted molar refractivity (Wildman–Crippen MR) is 62.9 cm³/mol.